The number of esters is 1. The molecule has 2 N–H and O–H groups in total. The summed E-state index contributed by atoms with van der Waals surface area (Å²) in [6.07, 6.45) is 5.09. The van der Waals surface area contributed by atoms with E-state index >= 15 is 0 Å². The summed E-state index contributed by atoms with van der Waals surface area (Å²) in [7, 11) is 0. The average Bonchev–Trinajstić information content (AvgIpc) is 2.70. The first kappa shape index (κ1) is 24.7. The highest BCUT2D eigenvalue weighted by atomic mass is 19.4. The number of hydrogen-bond acceptors (Lipinski definition) is 3. The van der Waals surface area contributed by atoms with Gasteiger partial charge in [-0.05, 0) is 87.3 Å². The van der Waals surface area contributed by atoms with Crippen molar-refractivity contribution < 1.29 is 22.7 Å². The molecule has 6 heteroatoms. The fourth-order valence-electron chi connectivity index (χ4n) is 4.46. The van der Waals surface area contributed by atoms with Gasteiger partial charge in [-0.2, -0.15) is 13.2 Å². The van der Waals surface area contributed by atoms with Gasteiger partial charge in [0, 0.05) is 12.5 Å². The summed E-state index contributed by atoms with van der Waals surface area (Å²) in [5.74, 6) is 1.26. The van der Waals surface area contributed by atoms with Crippen molar-refractivity contribution in [2.24, 2.45) is 17.6 Å². The molecule has 0 radical (unpaired) electrons. The molecule has 0 saturated heterocycles. The van der Waals surface area contributed by atoms with E-state index < -0.39 is 11.7 Å². The van der Waals surface area contributed by atoms with E-state index in [2.05, 4.69) is 6.92 Å². The lowest BCUT2D eigenvalue weighted by Gasteiger charge is -2.29. The maximum atomic E-state index is 12.6. The molecule has 170 valence electrons. The van der Waals surface area contributed by atoms with Crippen LogP contribution in [0.4, 0.5) is 13.2 Å². The molecule has 2 aliphatic carbocycles. The minimum atomic E-state index is -4.29. The number of rotatable bonds is 4. The summed E-state index contributed by atoms with van der Waals surface area (Å²) in [6, 6.07) is 5.95. The zero-order chi connectivity index (χ0) is 22.1. The molecule has 2 fully saturated rings. The summed E-state index contributed by atoms with van der Waals surface area (Å²) < 4.78 is 42.7. The molecular formula is C24H36F3NO2. The Hall–Kier alpha value is -1.56. The Morgan fingerprint density at radius 3 is 2.23 bits per heavy atom. The van der Waals surface area contributed by atoms with Gasteiger partial charge in [0.25, 0.3) is 0 Å². The molecular weight excluding hydrogens is 391 g/mol. The monoisotopic (exact) mass is 427 g/mol. The van der Waals surface area contributed by atoms with E-state index in [4.69, 9.17) is 10.5 Å². The zero-order valence-electron chi connectivity index (χ0n) is 18.2. The fourth-order valence-corrected chi connectivity index (χ4v) is 4.46. The zero-order valence-corrected chi connectivity index (χ0v) is 18.2. The van der Waals surface area contributed by atoms with E-state index in [1.165, 1.54) is 25.7 Å². The van der Waals surface area contributed by atoms with Crippen molar-refractivity contribution >= 4 is 5.97 Å². The van der Waals surface area contributed by atoms with Gasteiger partial charge < -0.3 is 10.5 Å². The van der Waals surface area contributed by atoms with Crippen LogP contribution in [0, 0.1) is 11.8 Å². The second-order valence-electron chi connectivity index (χ2n) is 8.88. The summed E-state index contributed by atoms with van der Waals surface area (Å²) in [4.78, 5) is 11.6. The van der Waals surface area contributed by atoms with Crippen LogP contribution in [0.2, 0.25) is 0 Å². The van der Waals surface area contributed by atoms with Gasteiger partial charge >= 0.3 is 12.1 Å². The smallest absolute Gasteiger partial charge is 0.416 e. The van der Waals surface area contributed by atoms with E-state index in [1.54, 1.807) is 19.1 Å². The van der Waals surface area contributed by atoms with Crippen LogP contribution in [0.3, 0.4) is 0 Å². The molecule has 2 atom stereocenters. The van der Waals surface area contributed by atoms with Crippen LogP contribution in [-0.4, -0.2) is 18.6 Å². The standard InChI is InChI=1S/C17H21F3O2.C7H15N/c1-2-22-16(21)11-12-4-3-5-14(10-12)13-6-8-15(9-7-13)17(18,19)20;1-6-2-4-7(8)5-3-6/h6-9,12,14H,2-5,10-11H2,1H3;6-7H,2-5,8H2,1H3. The molecule has 2 unspecified atom stereocenters. The van der Waals surface area contributed by atoms with E-state index in [0.717, 1.165) is 49.3 Å². The van der Waals surface area contributed by atoms with Gasteiger partial charge in [0.15, 0.2) is 0 Å². The molecule has 0 amide bonds. The second kappa shape index (κ2) is 11.7. The lowest BCUT2D eigenvalue weighted by atomic mass is 9.77. The van der Waals surface area contributed by atoms with E-state index in [0.29, 0.717) is 19.1 Å². The van der Waals surface area contributed by atoms with Crippen molar-refractivity contribution in [3.05, 3.63) is 35.4 Å². The molecule has 1 aromatic carbocycles. The normalized spacial score (nSPS) is 27.0. The Kier molecular flexibility index (Phi) is 9.66. The number of benzene rings is 1. The highest BCUT2D eigenvalue weighted by Crippen LogP contribution is 2.38. The number of hydrogen-bond donors (Lipinski definition) is 1. The van der Waals surface area contributed by atoms with Crippen LogP contribution >= 0.6 is 0 Å². The van der Waals surface area contributed by atoms with Gasteiger partial charge in [0.1, 0.15) is 0 Å². The molecule has 2 aliphatic rings. The van der Waals surface area contributed by atoms with Gasteiger partial charge in [-0.15, -0.1) is 0 Å². The van der Waals surface area contributed by atoms with Crippen LogP contribution in [0.25, 0.3) is 0 Å². The highest BCUT2D eigenvalue weighted by Gasteiger charge is 2.31. The third kappa shape index (κ3) is 8.29. The fraction of sp³-hybridized carbons (Fsp3) is 0.708. The molecule has 0 spiro atoms. The Morgan fingerprint density at radius 1 is 1.07 bits per heavy atom. The molecule has 3 nitrogen and oxygen atoms in total. The number of halogens is 3. The van der Waals surface area contributed by atoms with Crippen molar-refractivity contribution in [2.45, 2.75) is 89.8 Å². The van der Waals surface area contributed by atoms with E-state index in [1.807, 2.05) is 0 Å². The summed E-state index contributed by atoms with van der Waals surface area (Å²) in [5.41, 5.74) is 6.01. The molecule has 0 heterocycles. The molecule has 0 aliphatic heterocycles. The van der Waals surface area contributed by atoms with Crippen LogP contribution < -0.4 is 5.73 Å². The minimum Gasteiger partial charge on any atom is -0.466 e. The molecule has 0 aromatic heterocycles. The van der Waals surface area contributed by atoms with Gasteiger partial charge in [0.2, 0.25) is 0 Å². The quantitative estimate of drug-likeness (QED) is 0.561. The molecule has 0 bridgehead atoms. The Morgan fingerprint density at radius 2 is 1.70 bits per heavy atom. The van der Waals surface area contributed by atoms with Crippen molar-refractivity contribution in [1.82, 2.24) is 0 Å². The predicted octanol–water partition coefficient (Wildman–Crippen LogP) is 6.46. The summed E-state index contributed by atoms with van der Waals surface area (Å²) in [5, 5.41) is 0. The Labute approximate surface area is 178 Å². The molecule has 30 heavy (non-hydrogen) atoms. The molecule has 2 saturated carbocycles. The number of carbonyl (C=O) groups excluding carboxylic acids is 1. The highest BCUT2D eigenvalue weighted by molar-refractivity contribution is 5.69. The van der Waals surface area contributed by atoms with E-state index in [9.17, 15) is 18.0 Å². The van der Waals surface area contributed by atoms with Crippen molar-refractivity contribution in [1.29, 1.82) is 0 Å². The second-order valence-corrected chi connectivity index (χ2v) is 8.88. The van der Waals surface area contributed by atoms with Gasteiger partial charge in [-0.25, -0.2) is 0 Å². The minimum absolute atomic E-state index is 0.180. The van der Waals surface area contributed by atoms with Crippen LogP contribution in [0.15, 0.2) is 24.3 Å². The first-order valence-electron chi connectivity index (χ1n) is 11.3. The Balaban J connectivity index is 0.000000335. The summed E-state index contributed by atoms with van der Waals surface area (Å²) >= 11 is 0. The average molecular weight is 428 g/mol. The van der Waals surface area contributed by atoms with Crippen molar-refractivity contribution in [3.8, 4) is 0 Å². The predicted molar refractivity (Wildman–Crippen MR) is 113 cm³/mol. The molecule has 1 aromatic rings. The maximum Gasteiger partial charge on any atom is 0.416 e. The lowest BCUT2D eigenvalue weighted by Crippen LogP contribution is -2.25. The first-order valence-corrected chi connectivity index (χ1v) is 11.3. The van der Waals surface area contributed by atoms with Crippen LogP contribution in [-0.2, 0) is 15.7 Å². The van der Waals surface area contributed by atoms with Crippen molar-refractivity contribution in [2.75, 3.05) is 6.61 Å². The largest absolute Gasteiger partial charge is 0.466 e. The third-order valence-corrected chi connectivity index (χ3v) is 6.31. The van der Waals surface area contributed by atoms with Crippen LogP contribution in [0.1, 0.15) is 88.7 Å². The van der Waals surface area contributed by atoms with Gasteiger partial charge in [-0.1, -0.05) is 25.5 Å². The number of alkyl halides is 3. The lowest BCUT2D eigenvalue weighted by molar-refractivity contribution is -0.144. The van der Waals surface area contributed by atoms with Crippen molar-refractivity contribution in [3.63, 3.8) is 0 Å². The summed E-state index contributed by atoms with van der Waals surface area (Å²) in [6.45, 7) is 4.48. The SMILES string of the molecule is CC1CCC(N)CC1.CCOC(=O)CC1CCCC(c2ccc(C(F)(F)F)cc2)C1. The first-order chi connectivity index (χ1) is 14.2. The third-order valence-electron chi connectivity index (χ3n) is 6.31. The Bertz CT molecular complexity index is 627. The molecule has 3 rings (SSSR count). The topological polar surface area (TPSA) is 52.3 Å². The number of nitrogens with two attached hydrogens (primary N) is 1. The van der Waals surface area contributed by atoms with E-state index in [-0.39, 0.29) is 17.8 Å². The number of carbonyl (C=O) groups is 1. The van der Waals surface area contributed by atoms with Gasteiger partial charge in [-0.3, -0.25) is 4.79 Å². The maximum absolute atomic E-state index is 12.6. The van der Waals surface area contributed by atoms with Crippen LogP contribution in [0.5, 0.6) is 0 Å². The number of ether oxygens (including phenoxy) is 1. The van der Waals surface area contributed by atoms with Gasteiger partial charge in [0.05, 0.1) is 12.2 Å².